The molecule has 175 valence electrons. The van der Waals surface area contributed by atoms with Crippen molar-refractivity contribution < 1.29 is 14.9 Å². The van der Waals surface area contributed by atoms with Gasteiger partial charge >= 0.3 is 0 Å². The molecule has 0 bridgehead atoms. The first kappa shape index (κ1) is 25.0. The molecule has 3 heteroatoms. The van der Waals surface area contributed by atoms with E-state index in [1.54, 1.807) is 0 Å². The van der Waals surface area contributed by atoms with Gasteiger partial charge in [0, 0.05) is 0 Å². The Morgan fingerprint density at radius 3 is 2.21 bits per heavy atom. The molecule has 0 fully saturated rings. The molecule has 0 spiro atoms. The van der Waals surface area contributed by atoms with E-state index < -0.39 is 5.60 Å². The molecule has 33 heavy (non-hydrogen) atoms. The molecule has 2 N–H and O–H groups in total. The fraction of sp³-hybridized carbons (Fsp3) is 0.400. The summed E-state index contributed by atoms with van der Waals surface area (Å²) in [6, 6.07) is 21.4. The first-order chi connectivity index (χ1) is 15.6. The minimum Gasteiger partial charge on any atom is -0.489 e. The van der Waals surface area contributed by atoms with Gasteiger partial charge in [-0.25, -0.2) is 0 Å². The van der Waals surface area contributed by atoms with E-state index in [0.717, 1.165) is 28.0 Å². The van der Waals surface area contributed by atoms with Gasteiger partial charge in [0.1, 0.15) is 12.4 Å². The van der Waals surface area contributed by atoms with Crippen LogP contribution in [0.4, 0.5) is 0 Å². The third-order valence-corrected chi connectivity index (χ3v) is 6.55. The topological polar surface area (TPSA) is 49.7 Å². The first-order valence-electron chi connectivity index (χ1n) is 11.8. The summed E-state index contributed by atoms with van der Waals surface area (Å²) in [6.45, 7) is 13.3. The van der Waals surface area contributed by atoms with Crippen LogP contribution in [0.2, 0.25) is 0 Å². The smallest absolute Gasteiger partial charge is 0.120 e. The van der Waals surface area contributed by atoms with Gasteiger partial charge in [0.25, 0.3) is 0 Å². The molecule has 3 aromatic carbocycles. The van der Waals surface area contributed by atoms with Crippen LogP contribution in [-0.2, 0) is 24.2 Å². The van der Waals surface area contributed by atoms with Crippen LogP contribution >= 0.6 is 0 Å². The van der Waals surface area contributed by atoms with E-state index >= 15 is 0 Å². The van der Waals surface area contributed by atoms with E-state index in [4.69, 9.17) is 4.74 Å². The average Bonchev–Trinajstić information content (AvgIpc) is 2.82. The Balaban J connectivity index is 1.97. The molecule has 0 atom stereocenters. The van der Waals surface area contributed by atoms with Crippen LogP contribution in [-0.4, -0.2) is 10.2 Å². The summed E-state index contributed by atoms with van der Waals surface area (Å²) in [7, 11) is 0. The highest BCUT2D eigenvalue weighted by atomic mass is 16.5. The molecule has 0 amide bonds. The van der Waals surface area contributed by atoms with Crippen LogP contribution in [0.5, 0.6) is 5.75 Å². The van der Waals surface area contributed by atoms with E-state index in [0.29, 0.717) is 19.4 Å². The van der Waals surface area contributed by atoms with Gasteiger partial charge in [0.05, 0.1) is 12.2 Å². The van der Waals surface area contributed by atoms with Crippen molar-refractivity contribution in [2.24, 2.45) is 0 Å². The minimum absolute atomic E-state index is 0.00866. The molecule has 0 aromatic heterocycles. The number of hydrogen-bond donors (Lipinski definition) is 2. The molecule has 0 aliphatic carbocycles. The number of aliphatic hydroxyl groups is 2. The summed E-state index contributed by atoms with van der Waals surface area (Å²) in [4.78, 5) is 0. The summed E-state index contributed by atoms with van der Waals surface area (Å²) in [6.07, 6.45) is 1.37. The largest absolute Gasteiger partial charge is 0.489 e. The lowest BCUT2D eigenvalue weighted by Gasteiger charge is -2.30. The van der Waals surface area contributed by atoms with Gasteiger partial charge in [-0.2, -0.15) is 0 Å². The maximum absolute atomic E-state index is 11.1. The van der Waals surface area contributed by atoms with Crippen LogP contribution in [0.25, 0.3) is 11.1 Å². The zero-order valence-electron chi connectivity index (χ0n) is 20.8. The summed E-state index contributed by atoms with van der Waals surface area (Å²) in [5.74, 6) is 0.810. The van der Waals surface area contributed by atoms with Gasteiger partial charge in [0.2, 0.25) is 0 Å². The number of ether oxygens (including phenoxy) is 1. The fourth-order valence-electron chi connectivity index (χ4n) is 4.17. The highest BCUT2D eigenvalue weighted by Crippen LogP contribution is 2.40. The number of hydrogen-bond acceptors (Lipinski definition) is 3. The van der Waals surface area contributed by atoms with E-state index in [-0.39, 0.29) is 12.0 Å². The fourth-order valence-corrected chi connectivity index (χ4v) is 4.17. The van der Waals surface area contributed by atoms with E-state index in [9.17, 15) is 10.2 Å². The molecule has 0 aliphatic heterocycles. The Morgan fingerprint density at radius 2 is 1.64 bits per heavy atom. The minimum atomic E-state index is -0.804. The number of aryl methyl sites for hydroxylation is 1. The summed E-state index contributed by atoms with van der Waals surface area (Å²) in [5, 5.41) is 20.3. The van der Waals surface area contributed by atoms with Gasteiger partial charge in [-0.05, 0) is 88.4 Å². The molecular formula is C30H37O3. The van der Waals surface area contributed by atoms with Crippen molar-refractivity contribution in [1.82, 2.24) is 0 Å². The van der Waals surface area contributed by atoms with Gasteiger partial charge in [-0.3, -0.25) is 0 Å². The third kappa shape index (κ3) is 5.66. The van der Waals surface area contributed by atoms with Crippen molar-refractivity contribution in [3.8, 4) is 16.9 Å². The second-order valence-electron chi connectivity index (χ2n) is 9.89. The molecule has 0 aliphatic rings. The standard InChI is InChI=1S/C30H37O3/c1-7-30(32,8-2)24-14-16-26(28(17-24)29(4,5)6)27-18-25(15-9-21(27)3)33-20-23-12-10-22(19-31)11-13-23/h9-10,12-18,31-32H,7-8,19-20H2,1-6H3. The van der Waals surface area contributed by atoms with Gasteiger partial charge < -0.3 is 14.9 Å². The first-order valence-corrected chi connectivity index (χ1v) is 11.8. The summed E-state index contributed by atoms with van der Waals surface area (Å²) in [5.41, 5.74) is 6.58. The van der Waals surface area contributed by atoms with Gasteiger partial charge in [-0.1, -0.05) is 71.0 Å². The van der Waals surface area contributed by atoms with Crippen molar-refractivity contribution in [3.05, 3.63) is 88.5 Å². The van der Waals surface area contributed by atoms with Crippen molar-refractivity contribution in [1.29, 1.82) is 0 Å². The normalized spacial score (nSPS) is 12.1. The van der Waals surface area contributed by atoms with Crippen molar-refractivity contribution in [3.63, 3.8) is 0 Å². The zero-order chi connectivity index (χ0) is 24.2. The molecule has 3 aromatic rings. The summed E-state index contributed by atoms with van der Waals surface area (Å²) >= 11 is 0. The predicted octanol–water partition coefficient (Wildman–Crippen LogP) is 6.84. The molecule has 0 saturated heterocycles. The second kappa shape index (κ2) is 10.1. The number of rotatable bonds is 8. The maximum Gasteiger partial charge on any atom is 0.120 e. The van der Waals surface area contributed by atoms with Crippen LogP contribution in [0.3, 0.4) is 0 Å². The van der Waals surface area contributed by atoms with Crippen molar-refractivity contribution in [2.75, 3.05) is 0 Å². The molecular weight excluding hydrogens is 408 g/mol. The Hall–Kier alpha value is -2.62. The zero-order valence-corrected chi connectivity index (χ0v) is 20.8. The lowest BCUT2D eigenvalue weighted by molar-refractivity contribution is 0.0283. The van der Waals surface area contributed by atoms with Crippen LogP contribution < -0.4 is 4.74 Å². The quantitative estimate of drug-likeness (QED) is 0.399. The highest BCUT2D eigenvalue weighted by Gasteiger charge is 2.28. The van der Waals surface area contributed by atoms with Crippen LogP contribution in [0.1, 0.15) is 75.3 Å². The van der Waals surface area contributed by atoms with Crippen LogP contribution in [0.15, 0.2) is 54.6 Å². The molecule has 0 heterocycles. The lowest BCUT2D eigenvalue weighted by Crippen LogP contribution is -2.25. The predicted molar refractivity (Wildman–Crippen MR) is 135 cm³/mol. The Kier molecular flexibility index (Phi) is 7.66. The number of benzene rings is 3. The molecule has 1 radical (unpaired) electrons. The van der Waals surface area contributed by atoms with Crippen LogP contribution in [0, 0.1) is 13.0 Å². The monoisotopic (exact) mass is 445 g/mol. The van der Waals surface area contributed by atoms with E-state index in [2.05, 4.69) is 64.1 Å². The highest BCUT2D eigenvalue weighted by molar-refractivity contribution is 5.73. The van der Waals surface area contributed by atoms with Crippen molar-refractivity contribution in [2.45, 2.75) is 78.6 Å². The number of aliphatic hydroxyl groups excluding tert-OH is 1. The maximum atomic E-state index is 11.1. The van der Waals surface area contributed by atoms with E-state index in [1.165, 1.54) is 16.7 Å². The summed E-state index contributed by atoms with van der Waals surface area (Å²) < 4.78 is 6.10. The molecule has 3 nitrogen and oxygen atoms in total. The van der Waals surface area contributed by atoms with Crippen molar-refractivity contribution >= 4 is 0 Å². The Bertz CT molecular complexity index is 1070. The second-order valence-corrected chi connectivity index (χ2v) is 9.89. The third-order valence-electron chi connectivity index (χ3n) is 6.55. The van der Waals surface area contributed by atoms with Gasteiger partial charge in [0.15, 0.2) is 0 Å². The molecule has 0 saturated carbocycles. The van der Waals surface area contributed by atoms with E-state index in [1.807, 2.05) is 38.1 Å². The lowest BCUT2D eigenvalue weighted by atomic mass is 9.77. The Morgan fingerprint density at radius 1 is 0.909 bits per heavy atom. The van der Waals surface area contributed by atoms with Gasteiger partial charge in [-0.15, -0.1) is 0 Å². The molecule has 3 rings (SSSR count). The molecule has 0 unspecified atom stereocenters. The average molecular weight is 446 g/mol. The Labute approximate surface area is 199 Å². The SMILES string of the molecule is CCC(O)(CC)c1ccc(-c2cc(OCc3c[c]c(CO)cc3)ccc2C)c(C(C)(C)C)c1.